The summed E-state index contributed by atoms with van der Waals surface area (Å²) in [5, 5.41) is 8.41. The predicted octanol–water partition coefficient (Wildman–Crippen LogP) is 6.39. The molecule has 6 rings (SSSR count). The molecule has 0 bridgehead atoms. The van der Waals surface area contributed by atoms with Crippen LogP contribution in [0.3, 0.4) is 0 Å². The predicted molar refractivity (Wildman–Crippen MR) is 165 cm³/mol. The standard InChI is InChI=1S/C32H31BrN6O2/c1-41-27-14-8-7-13-26(27)36-30-25(32(40)38-17-15-22(16-18-38)21-9-3-2-4-10-21)20-35-31-28(33)29(37-39(30)31)24-12-6-5-11-23(24)19-34/h2-14,20,22,36H,15-19,34H2,1H3. The second-order valence-electron chi connectivity index (χ2n) is 10.1. The van der Waals surface area contributed by atoms with E-state index in [-0.39, 0.29) is 5.91 Å². The molecule has 1 amide bonds. The molecule has 3 N–H and O–H groups in total. The molecule has 1 fully saturated rings. The molecule has 208 valence electrons. The lowest BCUT2D eigenvalue weighted by molar-refractivity contribution is 0.0713. The van der Waals surface area contributed by atoms with E-state index in [1.807, 2.05) is 59.5 Å². The Morgan fingerprint density at radius 2 is 1.73 bits per heavy atom. The van der Waals surface area contributed by atoms with Gasteiger partial charge in [-0.1, -0.05) is 66.7 Å². The van der Waals surface area contributed by atoms with Crippen molar-refractivity contribution in [3.05, 3.63) is 106 Å². The van der Waals surface area contributed by atoms with Gasteiger partial charge in [0.05, 0.1) is 17.3 Å². The van der Waals surface area contributed by atoms with Gasteiger partial charge >= 0.3 is 0 Å². The zero-order valence-electron chi connectivity index (χ0n) is 22.8. The zero-order valence-corrected chi connectivity index (χ0v) is 24.3. The molecule has 0 unspecified atom stereocenters. The van der Waals surface area contributed by atoms with Gasteiger partial charge in [0.1, 0.15) is 22.8 Å². The molecule has 8 nitrogen and oxygen atoms in total. The van der Waals surface area contributed by atoms with Gasteiger partial charge in [0, 0.05) is 31.4 Å². The van der Waals surface area contributed by atoms with Crippen LogP contribution >= 0.6 is 15.9 Å². The summed E-state index contributed by atoms with van der Waals surface area (Å²) in [6.45, 7) is 1.71. The van der Waals surface area contributed by atoms with E-state index >= 15 is 0 Å². The maximum Gasteiger partial charge on any atom is 0.259 e. The number of carbonyl (C=O) groups excluding carboxylic acids is 1. The van der Waals surface area contributed by atoms with Gasteiger partial charge in [0.2, 0.25) is 0 Å². The number of benzene rings is 3. The Kier molecular flexibility index (Phi) is 7.71. The van der Waals surface area contributed by atoms with Crippen LogP contribution in [-0.4, -0.2) is 45.6 Å². The van der Waals surface area contributed by atoms with Gasteiger partial charge in [-0.2, -0.15) is 9.61 Å². The monoisotopic (exact) mass is 610 g/mol. The highest BCUT2D eigenvalue weighted by Gasteiger charge is 2.29. The van der Waals surface area contributed by atoms with Crippen molar-refractivity contribution in [1.82, 2.24) is 19.5 Å². The Morgan fingerprint density at radius 3 is 2.49 bits per heavy atom. The number of para-hydroxylation sites is 2. The number of fused-ring (bicyclic) bond motifs is 1. The summed E-state index contributed by atoms with van der Waals surface area (Å²) in [4.78, 5) is 20.7. The average molecular weight is 612 g/mol. The third kappa shape index (κ3) is 5.18. The number of carbonyl (C=O) groups is 1. The number of halogens is 1. The minimum absolute atomic E-state index is 0.0844. The van der Waals surface area contributed by atoms with Crippen LogP contribution < -0.4 is 15.8 Å². The van der Waals surface area contributed by atoms with Crippen LogP contribution in [0.1, 0.15) is 40.2 Å². The smallest absolute Gasteiger partial charge is 0.259 e. The highest BCUT2D eigenvalue weighted by molar-refractivity contribution is 9.10. The maximum absolute atomic E-state index is 14.1. The number of anilines is 2. The van der Waals surface area contributed by atoms with Crippen LogP contribution in [0.15, 0.2) is 89.5 Å². The number of nitrogens with two attached hydrogens (primary N) is 1. The van der Waals surface area contributed by atoms with E-state index < -0.39 is 0 Å². The van der Waals surface area contributed by atoms with Gasteiger partial charge in [0.25, 0.3) is 5.91 Å². The summed E-state index contributed by atoms with van der Waals surface area (Å²) in [6, 6.07) is 26.0. The summed E-state index contributed by atoms with van der Waals surface area (Å²) in [5.41, 5.74) is 11.7. The molecule has 0 aliphatic carbocycles. The first-order valence-corrected chi connectivity index (χ1v) is 14.5. The second-order valence-corrected chi connectivity index (χ2v) is 10.9. The number of amides is 1. The first-order chi connectivity index (χ1) is 20.1. The van der Waals surface area contributed by atoms with Gasteiger partial charge in [-0.25, -0.2) is 4.98 Å². The zero-order chi connectivity index (χ0) is 28.3. The number of likely N-dealkylation sites (tertiary alicyclic amines) is 1. The number of aromatic nitrogens is 3. The van der Waals surface area contributed by atoms with E-state index in [2.05, 4.69) is 45.5 Å². The van der Waals surface area contributed by atoms with Crippen LogP contribution in [0.5, 0.6) is 5.75 Å². The lowest BCUT2D eigenvalue weighted by Gasteiger charge is -2.32. The Balaban J connectivity index is 1.42. The second kappa shape index (κ2) is 11.7. The molecule has 1 saturated heterocycles. The van der Waals surface area contributed by atoms with Crippen LogP contribution in [0, 0.1) is 0 Å². The number of nitrogens with one attached hydrogen (secondary N) is 1. The van der Waals surface area contributed by atoms with E-state index in [0.717, 1.165) is 34.1 Å². The quantitative estimate of drug-likeness (QED) is 0.222. The van der Waals surface area contributed by atoms with Crippen molar-refractivity contribution in [1.29, 1.82) is 0 Å². The average Bonchev–Trinajstić information content (AvgIpc) is 3.37. The van der Waals surface area contributed by atoms with Gasteiger partial charge in [-0.15, -0.1) is 0 Å². The first-order valence-electron chi connectivity index (χ1n) is 13.7. The molecule has 9 heteroatoms. The largest absolute Gasteiger partial charge is 0.495 e. The molecule has 41 heavy (non-hydrogen) atoms. The SMILES string of the molecule is COc1ccccc1Nc1c(C(=O)N2CCC(c3ccccc3)CC2)cnc2c(Br)c(-c3ccccc3CN)nn12. The Bertz CT molecular complexity index is 1700. The van der Waals surface area contributed by atoms with E-state index in [1.54, 1.807) is 17.8 Å². The fraction of sp³-hybridized carbons (Fsp3) is 0.219. The molecule has 0 saturated carbocycles. The number of ether oxygens (including phenoxy) is 1. The number of hydrogen-bond acceptors (Lipinski definition) is 6. The summed E-state index contributed by atoms with van der Waals surface area (Å²) in [6.07, 6.45) is 3.46. The Hall–Kier alpha value is -4.21. The Labute approximate surface area is 247 Å². The third-order valence-electron chi connectivity index (χ3n) is 7.72. The molecule has 1 aliphatic heterocycles. The van der Waals surface area contributed by atoms with Crippen molar-refractivity contribution in [3.63, 3.8) is 0 Å². The van der Waals surface area contributed by atoms with Gasteiger partial charge < -0.3 is 20.7 Å². The molecular weight excluding hydrogens is 580 g/mol. The summed E-state index contributed by atoms with van der Waals surface area (Å²) < 4.78 is 8.03. The van der Waals surface area contributed by atoms with Crippen molar-refractivity contribution < 1.29 is 9.53 Å². The molecule has 0 atom stereocenters. The number of nitrogens with zero attached hydrogens (tertiary/aromatic N) is 4. The molecule has 3 aromatic carbocycles. The molecular formula is C32H31BrN6O2. The lowest BCUT2D eigenvalue weighted by atomic mass is 9.89. The van der Waals surface area contributed by atoms with Crippen molar-refractivity contribution in [3.8, 4) is 17.0 Å². The van der Waals surface area contributed by atoms with Gasteiger partial charge in [0.15, 0.2) is 5.65 Å². The molecule has 1 aliphatic rings. The maximum atomic E-state index is 14.1. The van der Waals surface area contributed by atoms with Crippen molar-refractivity contribution in [2.24, 2.45) is 5.73 Å². The van der Waals surface area contributed by atoms with E-state index in [4.69, 9.17) is 20.6 Å². The highest BCUT2D eigenvalue weighted by Crippen LogP contribution is 2.37. The van der Waals surface area contributed by atoms with E-state index in [1.165, 1.54) is 5.56 Å². The van der Waals surface area contributed by atoms with E-state index in [0.29, 0.717) is 54.0 Å². The van der Waals surface area contributed by atoms with Crippen LogP contribution in [0.25, 0.3) is 16.9 Å². The summed E-state index contributed by atoms with van der Waals surface area (Å²) in [5.74, 6) is 1.53. The van der Waals surface area contributed by atoms with Crippen LogP contribution in [-0.2, 0) is 6.54 Å². The van der Waals surface area contributed by atoms with Gasteiger partial charge in [-0.05, 0) is 57.9 Å². The molecule has 0 spiro atoms. The topological polar surface area (TPSA) is 97.8 Å². The molecule has 0 radical (unpaired) electrons. The number of piperidine rings is 1. The first kappa shape index (κ1) is 27.0. The number of methoxy groups -OCH3 is 1. The fourth-order valence-electron chi connectivity index (χ4n) is 5.52. The van der Waals surface area contributed by atoms with Crippen LogP contribution in [0.2, 0.25) is 0 Å². The van der Waals surface area contributed by atoms with E-state index in [9.17, 15) is 4.79 Å². The lowest BCUT2D eigenvalue weighted by Crippen LogP contribution is -2.38. The van der Waals surface area contributed by atoms with Crippen LogP contribution in [0.4, 0.5) is 11.5 Å². The minimum Gasteiger partial charge on any atom is -0.495 e. The van der Waals surface area contributed by atoms with Crippen molar-refractivity contribution >= 4 is 39.0 Å². The number of rotatable bonds is 7. The van der Waals surface area contributed by atoms with Crippen molar-refractivity contribution in [2.45, 2.75) is 25.3 Å². The fourth-order valence-corrected chi connectivity index (χ4v) is 6.09. The minimum atomic E-state index is -0.0844. The molecule has 5 aromatic rings. The summed E-state index contributed by atoms with van der Waals surface area (Å²) >= 11 is 3.73. The molecule has 2 aromatic heterocycles. The van der Waals surface area contributed by atoms with Gasteiger partial charge in [-0.3, -0.25) is 4.79 Å². The molecule has 3 heterocycles. The highest BCUT2D eigenvalue weighted by atomic mass is 79.9. The number of hydrogen-bond donors (Lipinski definition) is 2. The normalized spacial score (nSPS) is 13.9. The Morgan fingerprint density at radius 1 is 1.02 bits per heavy atom. The van der Waals surface area contributed by atoms with Crippen molar-refractivity contribution in [2.75, 3.05) is 25.5 Å². The summed E-state index contributed by atoms with van der Waals surface area (Å²) in [7, 11) is 1.62. The third-order valence-corrected chi connectivity index (χ3v) is 8.45.